The summed E-state index contributed by atoms with van der Waals surface area (Å²) in [5, 5.41) is 4.35. The van der Waals surface area contributed by atoms with Crippen LogP contribution in [0.5, 0.6) is 5.75 Å². The highest BCUT2D eigenvalue weighted by Crippen LogP contribution is 2.22. The van der Waals surface area contributed by atoms with Gasteiger partial charge in [-0.3, -0.25) is 5.43 Å². The molecule has 0 aliphatic rings. The first-order valence-corrected chi connectivity index (χ1v) is 8.45. The number of aryl methyl sites for hydroxylation is 1. The summed E-state index contributed by atoms with van der Waals surface area (Å²) in [6.45, 7) is 6.87. The summed E-state index contributed by atoms with van der Waals surface area (Å²) in [4.78, 5) is 0. The van der Waals surface area contributed by atoms with E-state index in [4.69, 9.17) is 4.74 Å². The number of para-hydroxylation sites is 1. The Labute approximate surface area is 148 Å². The maximum atomic E-state index is 5.52. The van der Waals surface area contributed by atoms with E-state index in [0.717, 1.165) is 28.4 Å². The van der Waals surface area contributed by atoms with Gasteiger partial charge in [-0.05, 0) is 63.2 Å². The number of ether oxygens (including phenoxy) is 1. The topological polar surface area (TPSA) is 38.5 Å². The number of hydrazone groups is 1. The molecule has 1 N–H and O–H groups in total. The third-order valence-corrected chi connectivity index (χ3v) is 4.05. The van der Waals surface area contributed by atoms with Crippen LogP contribution in [0.4, 0.5) is 5.69 Å². The molecule has 3 aromatic rings. The van der Waals surface area contributed by atoms with Crippen molar-refractivity contribution in [2.75, 3.05) is 12.0 Å². The molecule has 3 rings (SSSR count). The highest BCUT2D eigenvalue weighted by Gasteiger charge is 2.09. The Morgan fingerprint density at radius 2 is 1.76 bits per heavy atom. The molecule has 128 valence electrons. The molecular formula is C21H23N3O. The highest BCUT2D eigenvalue weighted by molar-refractivity contribution is 5.82. The van der Waals surface area contributed by atoms with Gasteiger partial charge in [-0.1, -0.05) is 18.2 Å². The van der Waals surface area contributed by atoms with Crippen LogP contribution in [0, 0.1) is 13.8 Å². The second-order valence-corrected chi connectivity index (χ2v) is 5.82. The van der Waals surface area contributed by atoms with E-state index in [1.807, 2.05) is 55.6 Å². The summed E-state index contributed by atoms with van der Waals surface area (Å²) in [6.07, 6.45) is 1.86. The van der Waals surface area contributed by atoms with Crippen LogP contribution < -0.4 is 10.2 Å². The van der Waals surface area contributed by atoms with Crippen molar-refractivity contribution in [3.63, 3.8) is 0 Å². The maximum absolute atomic E-state index is 5.52. The molecule has 0 radical (unpaired) electrons. The van der Waals surface area contributed by atoms with Crippen molar-refractivity contribution >= 4 is 11.9 Å². The van der Waals surface area contributed by atoms with Gasteiger partial charge < -0.3 is 9.30 Å². The molecule has 1 heterocycles. The van der Waals surface area contributed by atoms with E-state index >= 15 is 0 Å². The van der Waals surface area contributed by atoms with Crippen molar-refractivity contribution in [2.24, 2.45) is 5.10 Å². The molecule has 0 saturated carbocycles. The molecule has 0 unspecified atom stereocenters. The zero-order valence-electron chi connectivity index (χ0n) is 14.9. The SMILES string of the molecule is CCOc1ccc(-n2c(C)cc(C=NNc3ccccc3)c2C)cc1. The zero-order chi connectivity index (χ0) is 17.6. The number of hydrogen-bond donors (Lipinski definition) is 1. The zero-order valence-corrected chi connectivity index (χ0v) is 14.9. The fourth-order valence-electron chi connectivity index (χ4n) is 2.86. The first-order valence-electron chi connectivity index (χ1n) is 8.45. The van der Waals surface area contributed by atoms with Gasteiger partial charge in [0.25, 0.3) is 0 Å². The minimum Gasteiger partial charge on any atom is -0.494 e. The summed E-state index contributed by atoms with van der Waals surface area (Å²) in [5.74, 6) is 0.891. The Morgan fingerprint density at radius 3 is 2.44 bits per heavy atom. The van der Waals surface area contributed by atoms with E-state index < -0.39 is 0 Å². The Kier molecular flexibility index (Phi) is 5.19. The molecule has 1 aromatic heterocycles. The van der Waals surface area contributed by atoms with Crippen LogP contribution in [0.15, 0.2) is 65.8 Å². The summed E-state index contributed by atoms with van der Waals surface area (Å²) < 4.78 is 7.74. The summed E-state index contributed by atoms with van der Waals surface area (Å²) in [5.41, 5.74) is 8.56. The molecule has 0 amide bonds. The minimum absolute atomic E-state index is 0.677. The average Bonchev–Trinajstić information content (AvgIpc) is 2.91. The predicted molar refractivity (Wildman–Crippen MR) is 104 cm³/mol. The van der Waals surface area contributed by atoms with Crippen LogP contribution in [-0.4, -0.2) is 17.4 Å². The summed E-state index contributed by atoms with van der Waals surface area (Å²) >= 11 is 0. The van der Waals surface area contributed by atoms with Crippen molar-refractivity contribution in [3.8, 4) is 11.4 Å². The lowest BCUT2D eigenvalue weighted by atomic mass is 10.2. The lowest BCUT2D eigenvalue weighted by Crippen LogP contribution is -2.00. The fourth-order valence-corrected chi connectivity index (χ4v) is 2.86. The lowest BCUT2D eigenvalue weighted by Gasteiger charge is -2.11. The highest BCUT2D eigenvalue weighted by atomic mass is 16.5. The van der Waals surface area contributed by atoms with Crippen LogP contribution in [0.25, 0.3) is 5.69 Å². The van der Waals surface area contributed by atoms with E-state index in [-0.39, 0.29) is 0 Å². The molecule has 0 aliphatic heterocycles. The molecule has 0 bridgehead atoms. The smallest absolute Gasteiger partial charge is 0.119 e. The Balaban J connectivity index is 1.80. The van der Waals surface area contributed by atoms with Gasteiger partial charge in [-0.2, -0.15) is 5.10 Å². The largest absolute Gasteiger partial charge is 0.494 e. The fraction of sp³-hybridized carbons (Fsp3) is 0.190. The second kappa shape index (κ2) is 7.71. The van der Waals surface area contributed by atoms with Crippen LogP contribution in [0.1, 0.15) is 23.9 Å². The molecule has 0 aliphatic carbocycles. The van der Waals surface area contributed by atoms with Crippen LogP contribution in [-0.2, 0) is 0 Å². The first-order chi connectivity index (χ1) is 12.2. The molecular weight excluding hydrogens is 310 g/mol. The number of aromatic nitrogens is 1. The van der Waals surface area contributed by atoms with Gasteiger partial charge in [0.05, 0.1) is 18.5 Å². The van der Waals surface area contributed by atoms with Crippen LogP contribution in [0.3, 0.4) is 0 Å². The molecule has 2 aromatic carbocycles. The third-order valence-electron chi connectivity index (χ3n) is 4.05. The maximum Gasteiger partial charge on any atom is 0.119 e. The number of hydrogen-bond acceptors (Lipinski definition) is 3. The lowest BCUT2D eigenvalue weighted by molar-refractivity contribution is 0.340. The monoisotopic (exact) mass is 333 g/mol. The van der Waals surface area contributed by atoms with E-state index in [2.05, 4.69) is 47.1 Å². The van der Waals surface area contributed by atoms with Crippen LogP contribution >= 0.6 is 0 Å². The van der Waals surface area contributed by atoms with Crippen LogP contribution in [0.2, 0.25) is 0 Å². The van der Waals surface area contributed by atoms with Crippen molar-refractivity contribution < 1.29 is 4.74 Å². The molecule has 4 heteroatoms. The molecule has 0 saturated heterocycles. The summed E-state index contributed by atoms with van der Waals surface area (Å²) in [6, 6.07) is 20.2. The predicted octanol–water partition coefficient (Wildman–Crippen LogP) is 4.94. The van der Waals surface area contributed by atoms with Gasteiger partial charge in [-0.15, -0.1) is 0 Å². The first kappa shape index (κ1) is 16.8. The van der Waals surface area contributed by atoms with Gasteiger partial charge in [0.2, 0.25) is 0 Å². The second-order valence-electron chi connectivity index (χ2n) is 5.82. The Bertz CT molecular complexity index is 849. The van der Waals surface area contributed by atoms with Gasteiger partial charge in [0.15, 0.2) is 0 Å². The van der Waals surface area contributed by atoms with Gasteiger partial charge >= 0.3 is 0 Å². The van der Waals surface area contributed by atoms with E-state index in [1.165, 1.54) is 5.69 Å². The van der Waals surface area contributed by atoms with E-state index in [1.54, 1.807) is 0 Å². The number of rotatable bonds is 6. The minimum atomic E-state index is 0.677. The average molecular weight is 333 g/mol. The molecule has 0 fully saturated rings. The summed E-state index contributed by atoms with van der Waals surface area (Å²) in [7, 11) is 0. The number of anilines is 1. The molecule has 0 atom stereocenters. The number of nitrogens with one attached hydrogen (secondary N) is 1. The van der Waals surface area contributed by atoms with Crippen molar-refractivity contribution in [1.29, 1.82) is 0 Å². The van der Waals surface area contributed by atoms with Gasteiger partial charge in [-0.25, -0.2) is 0 Å². The van der Waals surface area contributed by atoms with Gasteiger partial charge in [0.1, 0.15) is 5.75 Å². The Morgan fingerprint density at radius 1 is 1.04 bits per heavy atom. The van der Waals surface area contributed by atoms with E-state index in [0.29, 0.717) is 6.61 Å². The van der Waals surface area contributed by atoms with Crippen molar-refractivity contribution in [2.45, 2.75) is 20.8 Å². The van der Waals surface area contributed by atoms with Crippen molar-refractivity contribution in [1.82, 2.24) is 4.57 Å². The van der Waals surface area contributed by atoms with Crippen molar-refractivity contribution in [3.05, 3.63) is 77.6 Å². The number of nitrogens with zero attached hydrogens (tertiary/aromatic N) is 2. The normalized spacial score (nSPS) is 11.0. The molecule has 0 spiro atoms. The third kappa shape index (κ3) is 3.91. The quantitative estimate of drug-likeness (QED) is 0.512. The molecule has 4 nitrogen and oxygen atoms in total. The Hall–Kier alpha value is -3.01. The van der Waals surface area contributed by atoms with Gasteiger partial charge in [0, 0.05) is 22.6 Å². The molecule has 25 heavy (non-hydrogen) atoms. The van der Waals surface area contributed by atoms with E-state index in [9.17, 15) is 0 Å². The standard InChI is InChI=1S/C21H23N3O/c1-4-25-21-12-10-20(11-13-21)24-16(2)14-18(17(24)3)15-22-23-19-8-6-5-7-9-19/h5-15,23H,4H2,1-3H3. The number of benzene rings is 2.